The molecule has 0 aromatic carbocycles. The fraction of sp³-hybridized carbons (Fsp3) is 0.900. The molecule has 0 unspecified atom stereocenters. The van der Waals surface area contributed by atoms with Crippen molar-refractivity contribution in [3.8, 4) is 0 Å². The average Bonchev–Trinajstić information content (AvgIpc) is 2.62. The zero-order valence-electron chi connectivity index (χ0n) is 15.5. The molecule has 3 rings (SSSR count). The standard InChI is InChI=1S/C20H32O5/c1-24-19(22)10-13-4-6-16-15-8-5-14(21)9-12(15)3-7-17(16)18(13)11-20(23)25-2/h12-18,21H,3-11H2,1-2H3/t12-,13-,14-,15+,16-,17-,18-/m1/s1. The maximum Gasteiger partial charge on any atom is 0.305 e. The zero-order valence-corrected chi connectivity index (χ0v) is 15.5. The number of ether oxygens (including phenoxy) is 2. The van der Waals surface area contributed by atoms with Gasteiger partial charge in [-0.3, -0.25) is 9.59 Å². The van der Waals surface area contributed by atoms with Crippen LogP contribution in [0.25, 0.3) is 0 Å². The van der Waals surface area contributed by atoms with Gasteiger partial charge in [0.2, 0.25) is 0 Å². The highest BCUT2D eigenvalue weighted by molar-refractivity contribution is 5.71. The monoisotopic (exact) mass is 352 g/mol. The number of aliphatic hydroxyl groups excluding tert-OH is 1. The van der Waals surface area contributed by atoms with Gasteiger partial charge in [-0.05, 0) is 80.5 Å². The number of carbonyl (C=O) groups excluding carboxylic acids is 2. The lowest BCUT2D eigenvalue weighted by atomic mass is 9.52. The van der Waals surface area contributed by atoms with Gasteiger partial charge >= 0.3 is 11.9 Å². The van der Waals surface area contributed by atoms with Crippen molar-refractivity contribution in [3.63, 3.8) is 0 Å². The summed E-state index contributed by atoms with van der Waals surface area (Å²) in [6.45, 7) is 0. The molecule has 0 spiro atoms. The van der Waals surface area contributed by atoms with Crippen molar-refractivity contribution >= 4 is 11.9 Å². The summed E-state index contributed by atoms with van der Waals surface area (Å²) in [6.07, 6.45) is 8.06. The maximum atomic E-state index is 12.0. The Morgan fingerprint density at radius 2 is 1.48 bits per heavy atom. The van der Waals surface area contributed by atoms with E-state index < -0.39 is 0 Å². The minimum atomic E-state index is -0.173. The molecule has 3 fully saturated rings. The number of hydrogen-bond donors (Lipinski definition) is 1. The Bertz CT molecular complexity index is 490. The van der Waals surface area contributed by atoms with Crippen LogP contribution in [0.2, 0.25) is 0 Å². The van der Waals surface area contributed by atoms with Gasteiger partial charge in [0.1, 0.15) is 0 Å². The molecule has 1 N–H and O–H groups in total. The molecule has 3 saturated carbocycles. The normalized spacial score (nSPS) is 40.5. The number of hydrogen-bond acceptors (Lipinski definition) is 5. The highest BCUT2D eigenvalue weighted by atomic mass is 16.5. The SMILES string of the molecule is COC(=O)C[C@H]1CC[C@H]2[C@@H](CC[C@@H]3C[C@H](O)CC[C@@H]32)[C@@H]1CC(=O)OC. The van der Waals surface area contributed by atoms with Gasteiger partial charge in [-0.1, -0.05) is 0 Å². The van der Waals surface area contributed by atoms with E-state index in [1.54, 1.807) is 0 Å². The van der Waals surface area contributed by atoms with E-state index in [9.17, 15) is 14.7 Å². The van der Waals surface area contributed by atoms with Crippen LogP contribution < -0.4 is 0 Å². The van der Waals surface area contributed by atoms with Crippen LogP contribution in [-0.4, -0.2) is 37.4 Å². The number of methoxy groups -OCH3 is 2. The van der Waals surface area contributed by atoms with Crippen LogP contribution in [0, 0.1) is 35.5 Å². The van der Waals surface area contributed by atoms with Crippen molar-refractivity contribution in [2.45, 2.75) is 63.9 Å². The summed E-state index contributed by atoms with van der Waals surface area (Å²) >= 11 is 0. The van der Waals surface area contributed by atoms with Crippen LogP contribution in [0.3, 0.4) is 0 Å². The summed E-state index contributed by atoms with van der Waals surface area (Å²) in [7, 11) is 2.87. The van der Waals surface area contributed by atoms with Crippen molar-refractivity contribution in [1.82, 2.24) is 0 Å². The number of fused-ring (bicyclic) bond motifs is 3. The number of carbonyl (C=O) groups is 2. The summed E-state index contributed by atoms with van der Waals surface area (Å²) in [4.78, 5) is 23.8. The first-order valence-corrected chi connectivity index (χ1v) is 9.85. The molecule has 0 aromatic heterocycles. The van der Waals surface area contributed by atoms with E-state index >= 15 is 0 Å². The lowest BCUT2D eigenvalue weighted by molar-refractivity contribution is -0.149. The number of esters is 2. The third kappa shape index (κ3) is 4.02. The molecule has 3 aliphatic carbocycles. The van der Waals surface area contributed by atoms with Crippen molar-refractivity contribution < 1.29 is 24.2 Å². The Hall–Kier alpha value is -1.10. The Balaban J connectivity index is 1.76. The van der Waals surface area contributed by atoms with Gasteiger partial charge < -0.3 is 14.6 Å². The van der Waals surface area contributed by atoms with E-state index in [1.807, 2.05) is 0 Å². The molecule has 0 radical (unpaired) electrons. The smallest absolute Gasteiger partial charge is 0.305 e. The molecular weight excluding hydrogens is 320 g/mol. The van der Waals surface area contributed by atoms with Crippen molar-refractivity contribution in [2.75, 3.05) is 14.2 Å². The summed E-state index contributed by atoms with van der Waals surface area (Å²) in [5.41, 5.74) is 0. The highest BCUT2D eigenvalue weighted by Crippen LogP contribution is 2.55. The fourth-order valence-corrected chi connectivity index (χ4v) is 6.17. The molecule has 0 heterocycles. The molecule has 142 valence electrons. The second-order valence-corrected chi connectivity index (χ2v) is 8.36. The third-order valence-electron chi connectivity index (χ3n) is 7.30. The summed E-state index contributed by atoms with van der Waals surface area (Å²) < 4.78 is 9.83. The van der Waals surface area contributed by atoms with Gasteiger partial charge in [0.25, 0.3) is 0 Å². The van der Waals surface area contributed by atoms with Crippen LogP contribution in [0.5, 0.6) is 0 Å². The Morgan fingerprint density at radius 1 is 0.840 bits per heavy atom. The topological polar surface area (TPSA) is 72.8 Å². The number of rotatable bonds is 4. The molecule has 7 atom stereocenters. The van der Waals surface area contributed by atoms with Gasteiger partial charge in [-0.2, -0.15) is 0 Å². The molecule has 25 heavy (non-hydrogen) atoms. The average molecular weight is 352 g/mol. The minimum Gasteiger partial charge on any atom is -0.469 e. The molecule has 0 amide bonds. The fourth-order valence-electron chi connectivity index (χ4n) is 6.17. The predicted octanol–water partition coefficient (Wildman–Crippen LogP) is 2.94. The van der Waals surface area contributed by atoms with Gasteiger partial charge in [0.05, 0.1) is 20.3 Å². The van der Waals surface area contributed by atoms with Gasteiger partial charge in [-0.15, -0.1) is 0 Å². The second kappa shape index (κ2) is 8.07. The molecule has 0 bridgehead atoms. The first kappa shape index (κ1) is 18.7. The lowest BCUT2D eigenvalue weighted by Gasteiger charge is -2.53. The highest BCUT2D eigenvalue weighted by Gasteiger charge is 2.49. The Morgan fingerprint density at radius 3 is 2.20 bits per heavy atom. The molecular formula is C20H32O5. The summed E-state index contributed by atoms with van der Waals surface area (Å²) in [5.74, 6) is 2.56. The van der Waals surface area contributed by atoms with Gasteiger partial charge in [0.15, 0.2) is 0 Å². The van der Waals surface area contributed by atoms with Crippen LogP contribution in [-0.2, 0) is 19.1 Å². The van der Waals surface area contributed by atoms with Crippen molar-refractivity contribution in [3.05, 3.63) is 0 Å². The first-order chi connectivity index (χ1) is 12.0. The molecule has 5 heteroatoms. The summed E-state index contributed by atoms with van der Waals surface area (Å²) in [5, 5.41) is 10.0. The lowest BCUT2D eigenvalue weighted by Crippen LogP contribution is -2.47. The molecule has 0 aliphatic heterocycles. The van der Waals surface area contributed by atoms with E-state index in [2.05, 4.69) is 0 Å². The Kier molecular flexibility index (Phi) is 6.03. The van der Waals surface area contributed by atoms with Crippen LogP contribution >= 0.6 is 0 Å². The third-order valence-corrected chi connectivity index (χ3v) is 7.30. The number of aliphatic hydroxyl groups is 1. The minimum absolute atomic E-state index is 0.126. The van der Waals surface area contributed by atoms with Crippen LogP contribution in [0.1, 0.15) is 57.8 Å². The molecule has 0 saturated heterocycles. The second-order valence-electron chi connectivity index (χ2n) is 8.36. The van der Waals surface area contributed by atoms with Crippen LogP contribution in [0.15, 0.2) is 0 Å². The van der Waals surface area contributed by atoms with E-state index in [4.69, 9.17) is 9.47 Å². The molecule has 0 aromatic rings. The van der Waals surface area contributed by atoms with Crippen LogP contribution in [0.4, 0.5) is 0 Å². The first-order valence-electron chi connectivity index (χ1n) is 9.85. The summed E-state index contributed by atoms with van der Waals surface area (Å²) in [6, 6.07) is 0. The van der Waals surface area contributed by atoms with E-state index in [0.717, 1.165) is 44.9 Å². The quantitative estimate of drug-likeness (QED) is 0.788. The largest absolute Gasteiger partial charge is 0.469 e. The molecule has 3 aliphatic rings. The van der Waals surface area contributed by atoms with E-state index in [0.29, 0.717) is 36.5 Å². The van der Waals surface area contributed by atoms with E-state index in [1.165, 1.54) is 14.2 Å². The maximum absolute atomic E-state index is 12.0. The van der Waals surface area contributed by atoms with E-state index in [-0.39, 0.29) is 29.9 Å². The predicted molar refractivity (Wildman–Crippen MR) is 92.5 cm³/mol. The van der Waals surface area contributed by atoms with Gasteiger partial charge in [0, 0.05) is 12.8 Å². The van der Waals surface area contributed by atoms with Crippen molar-refractivity contribution in [2.24, 2.45) is 35.5 Å². The van der Waals surface area contributed by atoms with Crippen molar-refractivity contribution in [1.29, 1.82) is 0 Å². The zero-order chi connectivity index (χ0) is 18.0. The molecule has 5 nitrogen and oxygen atoms in total. The van der Waals surface area contributed by atoms with Gasteiger partial charge in [-0.25, -0.2) is 0 Å². The Labute approximate surface area is 150 Å².